The number of fused-ring (bicyclic) bond motifs is 1. The van der Waals surface area contributed by atoms with Crippen molar-refractivity contribution in [2.45, 2.75) is 31.9 Å². The summed E-state index contributed by atoms with van der Waals surface area (Å²) in [6.07, 6.45) is 1.63. The van der Waals surface area contributed by atoms with E-state index in [4.69, 9.17) is 14.6 Å². The van der Waals surface area contributed by atoms with Crippen LogP contribution in [0.1, 0.15) is 46.2 Å². The van der Waals surface area contributed by atoms with Gasteiger partial charge >= 0.3 is 5.97 Å². The number of aliphatic carboxylic acids is 1. The van der Waals surface area contributed by atoms with Gasteiger partial charge in [0.2, 0.25) is 0 Å². The summed E-state index contributed by atoms with van der Waals surface area (Å²) in [5.74, 6) is 0.823. The lowest BCUT2D eigenvalue weighted by molar-refractivity contribution is -0.139. The van der Waals surface area contributed by atoms with Crippen LogP contribution in [0.5, 0.6) is 5.75 Å². The van der Waals surface area contributed by atoms with Crippen LogP contribution >= 0.6 is 0 Å². The van der Waals surface area contributed by atoms with E-state index in [0.717, 1.165) is 29.8 Å². The molecular formula is C25H29N5O5. The van der Waals surface area contributed by atoms with Gasteiger partial charge in [0.15, 0.2) is 0 Å². The van der Waals surface area contributed by atoms with Crippen molar-refractivity contribution in [2.75, 3.05) is 19.5 Å². The van der Waals surface area contributed by atoms with Gasteiger partial charge < -0.3 is 19.9 Å². The number of aromatic nitrogens is 4. The van der Waals surface area contributed by atoms with Crippen LogP contribution in [0.15, 0.2) is 36.4 Å². The number of nitrogens with one attached hydrogen (secondary N) is 1. The van der Waals surface area contributed by atoms with Gasteiger partial charge in [-0.15, -0.1) is 0 Å². The van der Waals surface area contributed by atoms with E-state index in [9.17, 15) is 14.7 Å². The number of carbonyl (C=O) groups is 2. The van der Waals surface area contributed by atoms with Gasteiger partial charge in [-0.3, -0.25) is 14.3 Å². The number of hydrogen-bond acceptors (Lipinski definition) is 6. The van der Waals surface area contributed by atoms with Crippen molar-refractivity contribution in [3.63, 3.8) is 0 Å². The number of benzene rings is 1. The molecule has 5 rings (SSSR count). The molecule has 0 bridgehead atoms. The van der Waals surface area contributed by atoms with Crippen molar-refractivity contribution >= 4 is 17.7 Å². The maximum absolute atomic E-state index is 13.1. The molecule has 1 amide bonds. The summed E-state index contributed by atoms with van der Waals surface area (Å²) in [4.78, 5) is 24.5. The molecule has 0 aliphatic heterocycles. The second-order valence-corrected chi connectivity index (χ2v) is 9.35. The Bertz CT molecular complexity index is 1240. The topological polar surface area (TPSA) is 120 Å². The van der Waals surface area contributed by atoms with E-state index in [-0.39, 0.29) is 29.6 Å². The number of nitrogens with zero attached hydrogens (tertiary/aromatic N) is 4. The van der Waals surface area contributed by atoms with E-state index in [1.165, 1.54) is 4.68 Å². The number of anilines is 1. The highest BCUT2D eigenvalue weighted by atomic mass is 16.5. The Morgan fingerprint density at radius 3 is 2.46 bits per heavy atom. The fraction of sp³-hybridized carbons (Fsp3) is 0.440. The Hall–Kier alpha value is -3.66. The molecular weight excluding hydrogens is 450 g/mol. The third kappa shape index (κ3) is 4.53. The van der Waals surface area contributed by atoms with Gasteiger partial charge in [0.05, 0.1) is 37.6 Å². The highest BCUT2D eigenvalue weighted by Crippen LogP contribution is 2.62. The summed E-state index contributed by atoms with van der Waals surface area (Å²) >= 11 is 0. The normalized spacial score (nSPS) is 22.6. The molecule has 35 heavy (non-hydrogen) atoms. The van der Waals surface area contributed by atoms with Gasteiger partial charge in [-0.1, -0.05) is 12.1 Å². The Balaban J connectivity index is 1.38. The quantitative estimate of drug-likeness (QED) is 0.484. The van der Waals surface area contributed by atoms with Gasteiger partial charge in [0.1, 0.15) is 17.3 Å². The molecule has 10 heteroatoms. The molecule has 2 heterocycles. The first-order valence-corrected chi connectivity index (χ1v) is 11.6. The smallest absolute Gasteiger partial charge is 0.307 e. The summed E-state index contributed by atoms with van der Waals surface area (Å²) in [6, 6.07) is 11.3. The lowest BCUT2D eigenvalue weighted by Crippen LogP contribution is -2.19. The van der Waals surface area contributed by atoms with Crippen LogP contribution in [0, 0.1) is 17.8 Å². The van der Waals surface area contributed by atoms with Gasteiger partial charge in [0.25, 0.3) is 5.91 Å². The average molecular weight is 480 g/mol. The molecule has 1 aromatic carbocycles. The Morgan fingerprint density at radius 2 is 1.83 bits per heavy atom. The number of hydrogen-bond donors (Lipinski definition) is 2. The molecule has 0 unspecified atom stereocenters. The molecule has 4 atom stereocenters. The molecule has 0 saturated heterocycles. The largest absolute Gasteiger partial charge is 0.497 e. The fourth-order valence-electron chi connectivity index (χ4n) is 5.35. The van der Waals surface area contributed by atoms with Crippen molar-refractivity contribution < 1.29 is 24.2 Å². The van der Waals surface area contributed by atoms with E-state index < -0.39 is 5.97 Å². The minimum atomic E-state index is -0.694. The van der Waals surface area contributed by atoms with Crippen molar-refractivity contribution in [1.29, 1.82) is 0 Å². The highest BCUT2D eigenvalue weighted by Gasteiger charge is 2.60. The summed E-state index contributed by atoms with van der Waals surface area (Å²) in [5.41, 5.74) is 2.99. The standard InChI is InChI=1S/C25H29N5O5/c1-29-21(10-16(27-29)13-34-2)24(31)26-22-11-20(15-8-18-19(9-15)23(18)25(32)33)28-30(22)12-14-4-6-17(35-3)7-5-14/h4-7,10-11,15,18-19,23H,8-9,12-13H2,1-3H3,(H,26,31)(H,32,33)/t15-,18+,19-,23+. The number of carbonyl (C=O) groups excluding carboxylic acids is 1. The number of carboxylic acids is 1. The number of aryl methyl sites for hydroxylation is 1. The van der Waals surface area contributed by atoms with Crippen LogP contribution in [0.2, 0.25) is 0 Å². The minimum absolute atomic E-state index is 0.193. The molecule has 10 nitrogen and oxygen atoms in total. The molecule has 2 aliphatic carbocycles. The number of ether oxygens (including phenoxy) is 2. The van der Waals surface area contributed by atoms with Crippen molar-refractivity contribution in [2.24, 2.45) is 24.8 Å². The number of rotatable bonds is 9. The number of amides is 1. The van der Waals surface area contributed by atoms with E-state index in [1.807, 2.05) is 30.3 Å². The maximum Gasteiger partial charge on any atom is 0.307 e. The third-order valence-corrected chi connectivity index (χ3v) is 7.14. The maximum atomic E-state index is 13.1. The second-order valence-electron chi connectivity index (χ2n) is 9.35. The van der Waals surface area contributed by atoms with Gasteiger partial charge in [-0.05, 0) is 48.4 Å². The van der Waals surface area contributed by atoms with Crippen molar-refractivity contribution in [3.05, 3.63) is 59.0 Å². The molecule has 3 aromatic rings. The molecule has 2 fully saturated rings. The first kappa shape index (κ1) is 23.1. The summed E-state index contributed by atoms with van der Waals surface area (Å²) < 4.78 is 13.7. The molecule has 184 valence electrons. The van der Waals surface area contributed by atoms with Crippen molar-refractivity contribution in [3.8, 4) is 5.75 Å². The van der Waals surface area contributed by atoms with Crippen LogP contribution in [-0.4, -0.2) is 50.8 Å². The van der Waals surface area contributed by atoms with E-state index >= 15 is 0 Å². The molecule has 2 N–H and O–H groups in total. The zero-order valence-corrected chi connectivity index (χ0v) is 20.0. The average Bonchev–Trinajstić information content (AvgIpc) is 3.15. The van der Waals surface area contributed by atoms with Gasteiger partial charge in [-0.25, -0.2) is 4.68 Å². The SMILES string of the molecule is COCc1cc(C(=O)Nc2cc([C@H]3C[C@@H]4[C@H](C3)[C@@H]4C(=O)O)nn2Cc2ccc(OC)cc2)n(C)n1. The first-order valence-electron chi connectivity index (χ1n) is 11.6. The third-order valence-electron chi connectivity index (χ3n) is 7.14. The predicted molar refractivity (Wildman–Crippen MR) is 126 cm³/mol. The second kappa shape index (κ2) is 9.18. The summed E-state index contributed by atoms with van der Waals surface area (Å²) in [6.45, 7) is 0.791. The molecule has 0 spiro atoms. The van der Waals surface area contributed by atoms with Crippen molar-refractivity contribution in [1.82, 2.24) is 19.6 Å². The lowest BCUT2D eigenvalue weighted by Gasteiger charge is -2.10. The first-order chi connectivity index (χ1) is 16.9. The van der Waals surface area contributed by atoms with E-state index in [1.54, 1.807) is 32.0 Å². The Morgan fingerprint density at radius 1 is 1.11 bits per heavy atom. The van der Waals surface area contributed by atoms with Crippen LogP contribution in [0.4, 0.5) is 5.82 Å². The zero-order valence-electron chi connectivity index (χ0n) is 20.0. The molecule has 2 aliphatic rings. The summed E-state index contributed by atoms with van der Waals surface area (Å²) in [7, 11) is 4.93. The zero-order chi connectivity index (χ0) is 24.7. The van der Waals surface area contributed by atoms with Crippen LogP contribution in [-0.2, 0) is 29.7 Å². The van der Waals surface area contributed by atoms with Crippen LogP contribution in [0.25, 0.3) is 0 Å². The van der Waals surface area contributed by atoms with E-state index in [0.29, 0.717) is 30.4 Å². The van der Waals surface area contributed by atoms with Crippen LogP contribution in [0.3, 0.4) is 0 Å². The summed E-state index contributed by atoms with van der Waals surface area (Å²) in [5, 5.41) is 21.5. The van der Waals surface area contributed by atoms with Crippen LogP contribution < -0.4 is 10.1 Å². The Kier molecular flexibility index (Phi) is 6.06. The van der Waals surface area contributed by atoms with Gasteiger partial charge in [-0.2, -0.15) is 10.2 Å². The highest BCUT2D eigenvalue weighted by molar-refractivity contribution is 6.02. The predicted octanol–water partition coefficient (Wildman–Crippen LogP) is 2.90. The number of carboxylic acid groups (broad SMARTS) is 1. The molecule has 2 aromatic heterocycles. The Labute approximate surface area is 202 Å². The van der Waals surface area contributed by atoms with E-state index in [2.05, 4.69) is 10.4 Å². The monoisotopic (exact) mass is 479 g/mol. The minimum Gasteiger partial charge on any atom is -0.497 e. The lowest BCUT2D eigenvalue weighted by atomic mass is 9.97. The van der Waals surface area contributed by atoms with Gasteiger partial charge in [0, 0.05) is 26.1 Å². The molecule has 0 radical (unpaired) electrons. The number of methoxy groups -OCH3 is 2. The fourth-order valence-corrected chi connectivity index (χ4v) is 5.35. The molecule has 2 saturated carbocycles.